The van der Waals surface area contributed by atoms with Crippen LogP contribution in [0.2, 0.25) is 5.02 Å². The monoisotopic (exact) mass is 405 g/mol. The van der Waals surface area contributed by atoms with Gasteiger partial charge in [0.2, 0.25) is 0 Å². The fraction of sp³-hybridized carbons (Fsp3) is 0.0625. The van der Waals surface area contributed by atoms with Crippen LogP contribution < -0.4 is 4.72 Å². The topological polar surface area (TPSA) is 89.8 Å². The summed E-state index contributed by atoms with van der Waals surface area (Å²) in [5.74, 6) is 0. The molecule has 2 aromatic heterocycles. The fourth-order valence-corrected chi connectivity index (χ4v) is 4.53. The summed E-state index contributed by atoms with van der Waals surface area (Å²) in [7, 11) is -3.78. The zero-order chi connectivity index (χ0) is 18.1. The third-order valence-electron chi connectivity index (χ3n) is 3.66. The lowest BCUT2D eigenvalue weighted by molar-refractivity contribution is 0.602. The number of fused-ring (bicyclic) bond motifs is 1. The van der Waals surface area contributed by atoms with Crippen molar-refractivity contribution in [3.05, 3.63) is 65.4 Å². The van der Waals surface area contributed by atoms with Crippen molar-refractivity contribution in [1.82, 2.24) is 18.5 Å². The van der Waals surface area contributed by atoms with E-state index in [4.69, 9.17) is 11.6 Å². The average molecular weight is 406 g/mol. The Bertz CT molecular complexity index is 1190. The summed E-state index contributed by atoms with van der Waals surface area (Å²) in [5.41, 5.74) is 2.27. The number of halogens is 1. The minimum Gasteiger partial charge on any atom is -0.280 e. The lowest BCUT2D eigenvalue weighted by Gasteiger charge is -2.10. The summed E-state index contributed by atoms with van der Waals surface area (Å²) < 4.78 is 38.0. The first kappa shape index (κ1) is 17.0. The molecule has 4 rings (SSSR count). The van der Waals surface area contributed by atoms with E-state index in [1.54, 1.807) is 47.4 Å². The van der Waals surface area contributed by atoms with Crippen LogP contribution in [0, 0.1) is 0 Å². The van der Waals surface area contributed by atoms with Crippen LogP contribution in [0.3, 0.4) is 0 Å². The molecule has 2 heterocycles. The van der Waals surface area contributed by atoms with E-state index >= 15 is 0 Å². The molecule has 0 atom stereocenters. The van der Waals surface area contributed by atoms with Crippen molar-refractivity contribution in [2.45, 2.75) is 11.4 Å². The molecule has 0 saturated heterocycles. The van der Waals surface area contributed by atoms with Crippen LogP contribution in [0.4, 0.5) is 5.69 Å². The minimum absolute atomic E-state index is 0.105. The van der Waals surface area contributed by atoms with Crippen LogP contribution in [0.1, 0.15) is 5.56 Å². The number of hydrogen-bond acceptors (Lipinski definition) is 6. The Labute approximate surface area is 158 Å². The maximum atomic E-state index is 12.8. The van der Waals surface area contributed by atoms with Crippen molar-refractivity contribution in [3.63, 3.8) is 0 Å². The van der Waals surface area contributed by atoms with E-state index in [0.29, 0.717) is 28.3 Å². The molecule has 0 aliphatic carbocycles. The summed E-state index contributed by atoms with van der Waals surface area (Å²) in [4.78, 5) is 0.105. The van der Waals surface area contributed by atoms with Gasteiger partial charge in [-0.05, 0) is 29.8 Å². The maximum Gasteiger partial charge on any atom is 0.264 e. The van der Waals surface area contributed by atoms with E-state index in [2.05, 4.69) is 18.6 Å². The Morgan fingerprint density at radius 2 is 2.00 bits per heavy atom. The molecule has 0 fully saturated rings. The van der Waals surface area contributed by atoms with E-state index in [9.17, 15) is 8.42 Å². The van der Waals surface area contributed by atoms with Crippen LogP contribution in [-0.4, -0.2) is 26.9 Å². The maximum absolute atomic E-state index is 12.8. The molecule has 26 heavy (non-hydrogen) atoms. The van der Waals surface area contributed by atoms with Crippen molar-refractivity contribution >= 4 is 50.1 Å². The van der Waals surface area contributed by atoms with Gasteiger partial charge in [0.05, 0.1) is 29.5 Å². The van der Waals surface area contributed by atoms with Gasteiger partial charge in [0.25, 0.3) is 10.0 Å². The molecular formula is C16H12ClN5O2S2. The van der Waals surface area contributed by atoms with Crippen LogP contribution in [0.15, 0.2) is 59.8 Å². The van der Waals surface area contributed by atoms with Crippen LogP contribution in [-0.2, 0) is 16.6 Å². The molecule has 4 aromatic rings. The number of sulfonamides is 1. The number of anilines is 1. The molecule has 0 saturated carbocycles. The molecule has 10 heteroatoms. The predicted octanol–water partition coefficient (Wildman–Crippen LogP) is 3.39. The second-order valence-electron chi connectivity index (χ2n) is 5.55. The third-order valence-corrected chi connectivity index (χ3v) is 5.81. The van der Waals surface area contributed by atoms with E-state index in [1.807, 2.05) is 6.07 Å². The highest BCUT2D eigenvalue weighted by Gasteiger charge is 2.19. The standard InChI is InChI=1S/C16H12ClN5O2S2/c17-12-8-18-22(10-12)9-11-3-1-4-13(7-11)21-26(23,24)15-6-2-5-14-16(15)20-25-19-14/h1-8,10,21H,9H2. The smallest absolute Gasteiger partial charge is 0.264 e. The number of hydrogen-bond donors (Lipinski definition) is 1. The van der Waals surface area contributed by atoms with Gasteiger partial charge in [-0.15, -0.1) is 0 Å². The highest BCUT2D eigenvalue weighted by molar-refractivity contribution is 7.93. The first-order valence-electron chi connectivity index (χ1n) is 7.52. The SMILES string of the molecule is O=S(=O)(Nc1cccc(Cn2cc(Cl)cn2)c1)c1cccc2nsnc12. The molecule has 0 aliphatic heterocycles. The van der Waals surface area contributed by atoms with Crippen LogP contribution in [0.25, 0.3) is 11.0 Å². The van der Waals surface area contributed by atoms with Crippen molar-refractivity contribution < 1.29 is 8.42 Å². The van der Waals surface area contributed by atoms with Crippen molar-refractivity contribution in [2.24, 2.45) is 0 Å². The quantitative estimate of drug-likeness (QED) is 0.549. The molecule has 0 spiro atoms. The number of nitrogens with zero attached hydrogens (tertiary/aromatic N) is 4. The minimum atomic E-state index is -3.78. The van der Waals surface area contributed by atoms with E-state index in [0.717, 1.165) is 17.3 Å². The Balaban J connectivity index is 1.62. The second-order valence-corrected chi connectivity index (χ2v) is 8.17. The Kier molecular flexibility index (Phi) is 4.35. The number of nitrogens with one attached hydrogen (secondary N) is 1. The second kappa shape index (κ2) is 6.67. The molecule has 7 nitrogen and oxygen atoms in total. The van der Waals surface area contributed by atoms with Gasteiger partial charge in [-0.1, -0.05) is 29.8 Å². The van der Waals surface area contributed by atoms with E-state index in [-0.39, 0.29) is 4.90 Å². The Morgan fingerprint density at radius 1 is 1.15 bits per heavy atom. The molecule has 0 radical (unpaired) electrons. The Morgan fingerprint density at radius 3 is 2.81 bits per heavy atom. The highest BCUT2D eigenvalue weighted by Crippen LogP contribution is 2.24. The van der Waals surface area contributed by atoms with Crippen LogP contribution in [0.5, 0.6) is 0 Å². The molecule has 132 valence electrons. The lowest BCUT2D eigenvalue weighted by Crippen LogP contribution is -2.13. The largest absolute Gasteiger partial charge is 0.280 e. The molecule has 0 amide bonds. The normalized spacial score (nSPS) is 11.7. The van der Waals surface area contributed by atoms with Gasteiger partial charge in [-0.25, -0.2) is 8.42 Å². The Hall–Kier alpha value is -2.49. The molecule has 2 aromatic carbocycles. The van der Waals surface area contributed by atoms with Gasteiger partial charge in [-0.2, -0.15) is 13.8 Å². The summed E-state index contributed by atoms with van der Waals surface area (Å²) in [6.07, 6.45) is 3.25. The lowest BCUT2D eigenvalue weighted by atomic mass is 10.2. The summed E-state index contributed by atoms with van der Waals surface area (Å²) in [6, 6.07) is 12.0. The van der Waals surface area contributed by atoms with Crippen molar-refractivity contribution in [2.75, 3.05) is 4.72 Å². The zero-order valence-corrected chi connectivity index (χ0v) is 15.6. The highest BCUT2D eigenvalue weighted by atomic mass is 35.5. The van der Waals surface area contributed by atoms with Gasteiger partial charge in [0.15, 0.2) is 0 Å². The number of aromatic nitrogens is 4. The van der Waals surface area contributed by atoms with Gasteiger partial charge in [0.1, 0.15) is 15.9 Å². The average Bonchev–Trinajstić information content (AvgIpc) is 3.23. The van der Waals surface area contributed by atoms with E-state index in [1.165, 1.54) is 6.07 Å². The third kappa shape index (κ3) is 3.41. The summed E-state index contributed by atoms with van der Waals surface area (Å²) in [5, 5.41) is 4.67. The van der Waals surface area contributed by atoms with Crippen LogP contribution >= 0.6 is 23.3 Å². The van der Waals surface area contributed by atoms with Gasteiger partial charge in [0, 0.05) is 11.9 Å². The summed E-state index contributed by atoms with van der Waals surface area (Å²) >= 11 is 6.85. The molecular weight excluding hydrogens is 394 g/mol. The summed E-state index contributed by atoms with van der Waals surface area (Å²) in [6.45, 7) is 0.480. The molecule has 0 unspecified atom stereocenters. The predicted molar refractivity (Wildman–Crippen MR) is 101 cm³/mol. The molecule has 1 N–H and O–H groups in total. The molecule has 0 aliphatic rings. The van der Waals surface area contributed by atoms with E-state index < -0.39 is 10.0 Å². The van der Waals surface area contributed by atoms with Crippen molar-refractivity contribution in [3.8, 4) is 0 Å². The number of benzene rings is 2. The van der Waals surface area contributed by atoms with Gasteiger partial charge < -0.3 is 0 Å². The first-order chi connectivity index (χ1) is 12.5. The van der Waals surface area contributed by atoms with Gasteiger partial charge in [-0.3, -0.25) is 9.40 Å². The first-order valence-corrected chi connectivity index (χ1v) is 10.1. The zero-order valence-electron chi connectivity index (χ0n) is 13.2. The number of rotatable bonds is 5. The van der Waals surface area contributed by atoms with Gasteiger partial charge >= 0.3 is 0 Å². The fourth-order valence-electron chi connectivity index (χ4n) is 2.55. The molecule has 0 bridgehead atoms. The van der Waals surface area contributed by atoms with Crippen molar-refractivity contribution in [1.29, 1.82) is 0 Å².